The van der Waals surface area contributed by atoms with E-state index in [1.807, 2.05) is 19.9 Å². The number of aryl methyl sites for hydroxylation is 1. The lowest BCUT2D eigenvalue weighted by Crippen LogP contribution is -2.40. The molecule has 4 atom stereocenters. The minimum Gasteiger partial charge on any atom is -0.321 e. The van der Waals surface area contributed by atoms with E-state index in [2.05, 4.69) is 10.0 Å². The van der Waals surface area contributed by atoms with E-state index in [1.54, 1.807) is 30.3 Å². The Kier molecular flexibility index (Phi) is 5.33. The number of sulfonamides is 1. The van der Waals surface area contributed by atoms with Crippen molar-refractivity contribution in [3.63, 3.8) is 0 Å². The Bertz CT molecular complexity index is 966. The number of benzene rings is 1. The maximum atomic E-state index is 12.8. The molecule has 0 spiro atoms. The lowest BCUT2D eigenvalue weighted by molar-refractivity contribution is 0.103. The van der Waals surface area contributed by atoms with Crippen LogP contribution >= 0.6 is 11.3 Å². The molecule has 2 saturated carbocycles. The molecule has 2 N–H and O–H groups in total. The Labute approximate surface area is 170 Å². The van der Waals surface area contributed by atoms with Gasteiger partial charge in [0, 0.05) is 16.6 Å². The molecular weight excluding hydrogens is 392 g/mol. The number of carbonyl (C=O) groups excluding carboxylic acids is 1. The van der Waals surface area contributed by atoms with Gasteiger partial charge in [0.2, 0.25) is 10.0 Å². The van der Waals surface area contributed by atoms with Crippen LogP contribution in [0.15, 0.2) is 41.3 Å². The molecule has 2 aliphatic rings. The lowest BCUT2D eigenvalue weighted by Gasteiger charge is -2.28. The number of hydrogen-bond donors (Lipinski definition) is 2. The molecule has 4 unspecified atom stereocenters. The Balaban J connectivity index is 1.40. The van der Waals surface area contributed by atoms with Gasteiger partial charge < -0.3 is 5.32 Å². The smallest absolute Gasteiger partial charge is 0.265 e. The highest BCUT2D eigenvalue weighted by Crippen LogP contribution is 2.49. The first kappa shape index (κ1) is 19.6. The Morgan fingerprint density at radius 2 is 1.86 bits per heavy atom. The van der Waals surface area contributed by atoms with E-state index in [-0.39, 0.29) is 16.8 Å². The molecule has 0 aliphatic heterocycles. The van der Waals surface area contributed by atoms with Gasteiger partial charge in [0.1, 0.15) is 0 Å². The molecule has 4 rings (SSSR count). The number of nitrogens with one attached hydrogen (secondary N) is 2. The largest absolute Gasteiger partial charge is 0.321 e. The molecule has 2 aliphatic carbocycles. The summed E-state index contributed by atoms with van der Waals surface area (Å²) in [6, 6.07) is 10.00. The first-order chi connectivity index (χ1) is 13.3. The van der Waals surface area contributed by atoms with Crippen molar-refractivity contribution in [3.05, 3.63) is 46.2 Å². The zero-order valence-corrected chi connectivity index (χ0v) is 17.8. The summed E-state index contributed by atoms with van der Waals surface area (Å²) in [6.45, 7) is 3.94. The summed E-state index contributed by atoms with van der Waals surface area (Å²) in [7, 11) is -3.57. The van der Waals surface area contributed by atoms with E-state index in [0.29, 0.717) is 22.4 Å². The zero-order valence-electron chi connectivity index (χ0n) is 16.1. The standard InChI is InChI=1S/C21H26N2O3S2/c1-13-3-10-20(27-13)21(24)22-17-6-8-18(9-7-17)28(25,26)23-14(2)19-12-15-4-5-16(19)11-15/h3,6-10,14-16,19,23H,4-5,11-12H2,1-2H3,(H,22,24). The van der Waals surface area contributed by atoms with Crippen molar-refractivity contribution in [3.8, 4) is 0 Å². The number of anilines is 1. The molecule has 7 heteroatoms. The van der Waals surface area contributed by atoms with Gasteiger partial charge in [0.15, 0.2) is 0 Å². The molecule has 2 fully saturated rings. The highest BCUT2D eigenvalue weighted by molar-refractivity contribution is 7.89. The van der Waals surface area contributed by atoms with Crippen LogP contribution in [-0.4, -0.2) is 20.4 Å². The van der Waals surface area contributed by atoms with Crippen molar-refractivity contribution in [2.75, 3.05) is 5.32 Å². The molecule has 5 nitrogen and oxygen atoms in total. The third-order valence-corrected chi connectivity index (χ3v) is 8.74. The average Bonchev–Trinajstić information content (AvgIpc) is 3.38. The zero-order chi connectivity index (χ0) is 19.9. The van der Waals surface area contributed by atoms with Gasteiger partial charge in [-0.3, -0.25) is 4.79 Å². The number of carbonyl (C=O) groups is 1. The molecule has 1 amide bonds. The van der Waals surface area contributed by atoms with Crippen LogP contribution in [-0.2, 0) is 10.0 Å². The van der Waals surface area contributed by atoms with Gasteiger partial charge in [-0.25, -0.2) is 13.1 Å². The van der Waals surface area contributed by atoms with Crippen LogP contribution in [0.5, 0.6) is 0 Å². The molecule has 28 heavy (non-hydrogen) atoms. The molecule has 1 heterocycles. The van der Waals surface area contributed by atoms with Crippen molar-refractivity contribution >= 4 is 33.0 Å². The summed E-state index contributed by atoms with van der Waals surface area (Å²) in [6.07, 6.45) is 4.94. The highest BCUT2D eigenvalue weighted by atomic mass is 32.2. The fraction of sp³-hybridized carbons (Fsp3) is 0.476. The summed E-state index contributed by atoms with van der Waals surface area (Å²) in [5.41, 5.74) is 0.580. The predicted octanol–water partition coefficient (Wildman–Crippen LogP) is 4.41. The van der Waals surface area contributed by atoms with Crippen molar-refractivity contribution in [2.45, 2.75) is 50.5 Å². The fourth-order valence-electron chi connectivity index (χ4n) is 4.77. The van der Waals surface area contributed by atoms with E-state index in [1.165, 1.54) is 30.6 Å². The Morgan fingerprint density at radius 3 is 2.43 bits per heavy atom. The SMILES string of the molecule is Cc1ccc(C(=O)Nc2ccc(S(=O)(=O)NC(C)C3CC4CCC3C4)cc2)s1. The maximum absolute atomic E-state index is 12.8. The Morgan fingerprint density at radius 1 is 1.11 bits per heavy atom. The van der Waals surface area contributed by atoms with Crippen LogP contribution in [0, 0.1) is 24.7 Å². The number of thiophene rings is 1. The average molecular weight is 419 g/mol. The minimum absolute atomic E-state index is 0.0539. The quantitative estimate of drug-likeness (QED) is 0.729. The van der Waals surface area contributed by atoms with Crippen molar-refractivity contribution < 1.29 is 13.2 Å². The maximum Gasteiger partial charge on any atom is 0.265 e. The molecule has 150 valence electrons. The Hall–Kier alpha value is -1.70. The molecule has 1 aromatic carbocycles. The van der Waals surface area contributed by atoms with Gasteiger partial charge >= 0.3 is 0 Å². The second kappa shape index (κ2) is 7.61. The molecule has 2 bridgehead atoms. The normalized spacial score (nSPS) is 25.0. The topological polar surface area (TPSA) is 75.3 Å². The lowest BCUT2D eigenvalue weighted by atomic mass is 9.84. The second-order valence-corrected chi connectivity index (χ2v) is 11.1. The third-order valence-electron chi connectivity index (χ3n) is 6.16. The van der Waals surface area contributed by atoms with Gasteiger partial charge in [-0.15, -0.1) is 11.3 Å². The summed E-state index contributed by atoms with van der Waals surface area (Å²) in [5.74, 6) is 1.72. The number of amides is 1. The summed E-state index contributed by atoms with van der Waals surface area (Å²) in [5, 5.41) is 2.81. The molecule has 2 aromatic rings. The number of fused-ring (bicyclic) bond motifs is 2. The van der Waals surface area contributed by atoms with E-state index < -0.39 is 10.0 Å². The van der Waals surface area contributed by atoms with E-state index >= 15 is 0 Å². The van der Waals surface area contributed by atoms with Crippen LogP contribution in [0.4, 0.5) is 5.69 Å². The van der Waals surface area contributed by atoms with Crippen LogP contribution in [0.3, 0.4) is 0 Å². The number of hydrogen-bond acceptors (Lipinski definition) is 4. The first-order valence-corrected chi connectivity index (χ1v) is 12.1. The predicted molar refractivity (Wildman–Crippen MR) is 112 cm³/mol. The highest BCUT2D eigenvalue weighted by Gasteiger charge is 2.42. The van der Waals surface area contributed by atoms with Gasteiger partial charge in [0.25, 0.3) is 5.91 Å². The summed E-state index contributed by atoms with van der Waals surface area (Å²) < 4.78 is 28.4. The number of rotatable bonds is 6. The third kappa shape index (κ3) is 4.02. The first-order valence-electron chi connectivity index (χ1n) is 9.82. The van der Waals surface area contributed by atoms with Crippen LogP contribution < -0.4 is 10.0 Å². The van der Waals surface area contributed by atoms with Gasteiger partial charge in [-0.2, -0.15) is 0 Å². The van der Waals surface area contributed by atoms with E-state index in [4.69, 9.17) is 0 Å². The monoisotopic (exact) mass is 418 g/mol. The van der Waals surface area contributed by atoms with Gasteiger partial charge in [0.05, 0.1) is 9.77 Å². The van der Waals surface area contributed by atoms with Crippen molar-refractivity contribution in [2.24, 2.45) is 17.8 Å². The molecule has 0 saturated heterocycles. The van der Waals surface area contributed by atoms with Crippen LogP contribution in [0.25, 0.3) is 0 Å². The van der Waals surface area contributed by atoms with E-state index in [9.17, 15) is 13.2 Å². The van der Waals surface area contributed by atoms with Crippen LogP contribution in [0.1, 0.15) is 47.2 Å². The molecule has 1 aromatic heterocycles. The van der Waals surface area contributed by atoms with Crippen LogP contribution in [0.2, 0.25) is 0 Å². The summed E-state index contributed by atoms with van der Waals surface area (Å²) >= 11 is 1.43. The summed E-state index contributed by atoms with van der Waals surface area (Å²) in [4.78, 5) is 14.2. The van der Waals surface area contributed by atoms with Gasteiger partial charge in [-0.1, -0.05) is 6.42 Å². The van der Waals surface area contributed by atoms with Crippen molar-refractivity contribution in [1.29, 1.82) is 0 Å². The minimum atomic E-state index is -3.57. The van der Waals surface area contributed by atoms with E-state index in [0.717, 1.165) is 17.2 Å². The second-order valence-electron chi connectivity index (χ2n) is 8.14. The molecular formula is C21H26N2O3S2. The van der Waals surface area contributed by atoms with Gasteiger partial charge in [-0.05, 0) is 87.3 Å². The molecule has 0 radical (unpaired) electrons. The van der Waals surface area contributed by atoms with Crippen molar-refractivity contribution in [1.82, 2.24) is 4.72 Å². The fourth-order valence-corrected chi connectivity index (χ4v) is 6.83.